The number of urea groups is 1. The summed E-state index contributed by atoms with van der Waals surface area (Å²) in [7, 11) is 0. The van der Waals surface area contributed by atoms with Crippen molar-refractivity contribution in [3.63, 3.8) is 0 Å². The molecule has 0 atom stereocenters. The van der Waals surface area contributed by atoms with Gasteiger partial charge in [0.2, 0.25) is 0 Å². The Kier molecular flexibility index (Phi) is 6.70. The minimum Gasteiger partial charge on any atom is -0.487 e. The molecule has 4 amide bonds. The predicted molar refractivity (Wildman–Crippen MR) is 145 cm³/mol. The van der Waals surface area contributed by atoms with Crippen LogP contribution in [0.4, 0.5) is 10.5 Å². The number of nitrogens with zero attached hydrogens (tertiary/aromatic N) is 1. The Morgan fingerprint density at radius 3 is 2.51 bits per heavy atom. The van der Waals surface area contributed by atoms with Crippen molar-refractivity contribution >= 4 is 63.6 Å². The van der Waals surface area contributed by atoms with Crippen molar-refractivity contribution < 1.29 is 19.1 Å². The normalized spacial score (nSPS) is 14.8. The molecule has 1 heterocycles. The molecule has 6 nitrogen and oxygen atoms in total. The third-order valence-corrected chi connectivity index (χ3v) is 6.57. The summed E-state index contributed by atoms with van der Waals surface area (Å²) in [5, 5.41) is 5.10. The topological polar surface area (TPSA) is 75.7 Å². The molecular weight excluding hydrogens is 511 g/mol. The van der Waals surface area contributed by atoms with Crippen LogP contribution in [0.5, 0.6) is 5.75 Å². The third-order valence-electron chi connectivity index (χ3n) is 6.04. The molecule has 0 aliphatic carbocycles. The number of fused-ring (bicyclic) bond motifs is 1. The number of carbonyl (C=O) groups excluding carboxylic acids is 3. The number of carbonyl (C=O) groups is 3. The van der Waals surface area contributed by atoms with Gasteiger partial charge in [-0.15, -0.1) is 0 Å². The van der Waals surface area contributed by atoms with Crippen LogP contribution in [0.25, 0.3) is 16.8 Å². The second-order valence-electron chi connectivity index (χ2n) is 8.51. The zero-order valence-corrected chi connectivity index (χ0v) is 21.1. The summed E-state index contributed by atoms with van der Waals surface area (Å²) in [6, 6.07) is 23.0. The highest BCUT2D eigenvalue weighted by Gasteiger charge is 2.37. The molecule has 0 unspecified atom stereocenters. The largest absolute Gasteiger partial charge is 0.487 e. The van der Waals surface area contributed by atoms with Crippen LogP contribution < -0.4 is 15.0 Å². The molecule has 184 valence electrons. The lowest BCUT2D eigenvalue weighted by molar-refractivity contribution is -0.122. The first kappa shape index (κ1) is 24.6. The minimum absolute atomic E-state index is 0.209. The van der Waals surface area contributed by atoms with Gasteiger partial charge in [0.1, 0.15) is 17.9 Å². The van der Waals surface area contributed by atoms with Gasteiger partial charge in [-0.05, 0) is 64.7 Å². The molecular formula is C29H20Cl2N2O4. The summed E-state index contributed by atoms with van der Waals surface area (Å²) >= 11 is 12.5. The Bertz CT molecular complexity index is 1610. The summed E-state index contributed by atoms with van der Waals surface area (Å²) < 4.78 is 5.97. The molecule has 1 aliphatic rings. The van der Waals surface area contributed by atoms with E-state index in [0.29, 0.717) is 39.2 Å². The number of rotatable bonds is 5. The van der Waals surface area contributed by atoms with E-state index in [0.717, 1.165) is 21.2 Å². The van der Waals surface area contributed by atoms with E-state index < -0.39 is 17.8 Å². The molecule has 8 heteroatoms. The molecule has 0 bridgehead atoms. The molecule has 1 N–H and O–H groups in total. The van der Waals surface area contributed by atoms with Gasteiger partial charge in [-0.25, -0.2) is 9.69 Å². The van der Waals surface area contributed by atoms with Crippen LogP contribution in [0.3, 0.4) is 0 Å². The number of hydrogen-bond acceptors (Lipinski definition) is 4. The van der Waals surface area contributed by atoms with E-state index in [1.54, 1.807) is 37.3 Å². The number of anilines is 1. The Labute approximate surface area is 223 Å². The first-order valence-electron chi connectivity index (χ1n) is 11.4. The number of barbiturate groups is 1. The lowest BCUT2D eigenvalue weighted by Crippen LogP contribution is -2.54. The van der Waals surface area contributed by atoms with Crippen molar-refractivity contribution in [2.45, 2.75) is 13.5 Å². The van der Waals surface area contributed by atoms with E-state index in [4.69, 9.17) is 27.9 Å². The fraction of sp³-hybridized carbons (Fsp3) is 0.0690. The predicted octanol–water partition coefficient (Wildman–Crippen LogP) is 6.70. The van der Waals surface area contributed by atoms with Gasteiger partial charge < -0.3 is 4.74 Å². The van der Waals surface area contributed by atoms with E-state index >= 15 is 0 Å². The first-order valence-corrected chi connectivity index (χ1v) is 12.1. The Balaban J connectivity index is 1.39. The molecule has 4 aromatic carbocycles. The van der Waals surface area contributed by atoms with E-state index in [-0.39, 0.29) is 5.57 Å². The van der Waals surface area contributed by atoms with Crippen LogP contribution in [0.1, 0.15) is 16.7 Å². The molecule has 0 radical (unpaired) electrons. The lowest BCUT2D eigenvalue weighted by Gasteiger charge is -2.27. The SMILES string of the molecule is Cc1ccc(Cl)cc1N1C(=O)NC(=O)/C(=C\c2ccc(OCc3cccc4ccccc34)c(Cl)c2)C1=O. The second kappa shape index (κ2) is 10.1. The number of nitrogens with one attached hydrogen (secondary N) is 1. The molecule has 37 heavy (non-hydrogen) atoms. The maximum absolute atomic E-state index is 13.2. The Hall–Kier alpha value is -4.13. The van der Waals surface area contributed by atoms with Gasteiger partial charge >= 0.3 is 6.03 Å². The van der Waals surface area contributed by atoms with Crippen LogP contribution >= 0.6 is 23.2 Å². The monoisotopic (exact) mass is 530 g/mol. The second-order valence-corrected chi connectivity index (χ2v) is 9.35. The van der Waals surface area contributed by atoms with Crippen molar-refractivity contribution in [1.82, 2.24) is 5.32 Å². The van der Waals surface area contributed by atoms with Gasteiger partial charge in [0.25, 0.3) is 11.8 Å². The summed E-state index contributed by atoms with van der Waals surface area (Å²) in [4.78, 5) is 39.2. The highest BCUT2D eigenvalue weighted by molar-refractivity contribution is 6.40. The molecule has 1 aliphatic heterocycles. The molecule has 0 aromatic heterocycles. The number of imide groups is 2. The van der Waals surface area contributed by atoms with Crippen molar-refractivity contribution in [3.8, 4) is 5.75 Å². The molecule has 5 rings (SSSR count). The van der Waals surface area contributed by atoms with Crippen molar-refractivity contribution in [2.24, 2.45) is 0 Å². The average Bonchev–Trinajstić information content (AvgIpc) is 2.88. The number of amides is 4. The van der Waals surface area contributed by atoms with Crippen LogP contribution in [0.2, 0.25) is 10.0 Å². The zero-order valence-electron chi connectivity index (χ0n) is 19.6. The minimum atomic E-state index is -0.840. The highest BCUT2D eigenvalue weighted by Crippen LogP contribution is 2.31. The molecule has 0 saturated carbocycles. The summed E-state index contributed by atoms with van der Waals surface area (Å²) in [5.74, 6) is -1.09. The van der Waals surface area contributed by atoms with E-state index in [9.17, 15) is 14.4 Å². The number of halogens is 2. The van der Waals surface area contributed by atoms with E-state index in [1.807, 2.05) is 42.5 Å². The van der Waals surface area contributed by atoms with Gasteiger partial charge in [-0.3, -0.25) is 14.9 Å². The summed E-state index contributed by atoms with van der Waals surface area (Å²) in [6.45, 7) is 2.06. The quantitative estimate of drug-likeness (QED) is 0.230. The summed E-state index contributed by atoms with van der Waals surface area (Å²) in [6.07, 6.45) is 1.39. The van der Waals surface area contributed by atoms with E-state index in [2.05, 4.69) is 5.32 Å². The van der Waals surface area contributed by atoms with Crippen molar-refractivity contribution in [1.29, 1.82) is 0 Å². The van der Waals surface area contributed by atoms with Gasteiger partial charge in [0.05, 0.1) is 10.7 Å². The van der Waals surface area contributed by atoms with Gasteiger partial charge in [0, 0.05) is 5.02 Å². The smallest absolute Gasteiger partial charge is 0.335 e. The lowest BCUT2D eigenvalue weighted by atomic mass is 10.1. The molecule has 4 aromatic rings. The average molecular weight is 531 g/mol. The molecule has 1 fully saturated rings. The van der Waals surface area contributed by atoms with Crippen LogP contribution in [-0.2, 0) is 16.2 Å². The number of ether oxygens (including phenoxy) is 1. The third kappa shape index (κ3) is 4.94. The number of aryl methyl sites for hydroxylation is 1. The Morgan fingerprint density at radius 2 is 1.70 bits per heavy atom. The molecule has 0 spiro atoms. The van der Waals surface area contributed by atoms with Crippen molar-refractivity contribution in [3.05, 3.63) is 111 Å². The fourth-order valence-electron chi connectivity index (χ4n) is 4.16. The molecule has 1 saturated heterocycles. The maximum Gasteiger partial charge on any atom is 0.335 e. The maximum atomic E-state index is 13.2. The number of benzene rings is 4. The summed E-state index contributed by atoms with van der Waals surface area (Å²) in [5.41, 5.74) is 2.25. The Morgan fingerprint density at radius 1 is 0.919 bits per heavy atom. The van der Waals surface area contributed by atoms with E-state index in [1.165, 1.54) is 12.1 Å². The van der Waals surface area contributed by atoms with Crippen LogP contribution in [0.15, 0.2) is 84.4 Å². The number of hydrogen-bond donors (Lipinski definition) is 1. The highest BCUT2D eigenvalue weighted by atomic mass is 35.5. The van der Waals surface area contributed by atoms with Crippen molar-refractivity contribution in [2.75, 3.05) is 4.90 Å². The standard InChI is InChI=1S/C29H20Cl2N2O4/c1-17-9-11-21(30)15-25(17)33-28(35)23(27(34)32-29(33)36)13-18-10-12-26(24(31)14-18)37-16-20-7-4-6-19-5-2-3-8-22(19)20/h2-15H,16H2,1H3,(H,32,34,36)/b23-13+. The fourth-order valence-corrected chi connectivity index (χ4v) is 4.57. The first-order chi connectivity index (χ1) is 17.8. The van der Waals surface area contributed by atoms with Gasteiger partial charge in [-0.2, -0.15) is 0 Å². The van der Waals surface area contributed by atoms with Crippen LogP contribution in [-0.4, -0.2) is 17.8 Å². The van der Waals surface area contributed by atoms with Crippen LogP contribution in [0, 0.1) is 6.92 Å². The van der Waals surface area contributed by atoms with Gasteiger partial charge in [-0.1, -0.05) is 77.8 Å². The van der Waals surface area contributed by atoms with Gasteiger partial charge in [0.15, 0.2) is 0 Å². The zero-order chi connectivity index (χ0) is 26.1.